The fourth-order valence-electron chi connectivity index (χ4n) is 1.04. The van der Waals surface area contributed by atoms with Gasteiger partial charge in [-0.3, -0.25) is 4.79 Å². The maximum atomic E-state index is 11.4. The van der Waals surface area contributed by atoms with Crippen LogP contribution in [0.1, 0.15) is 20.8 Å². The van der Waals surface area contributed by atoms with E-state index in [9.17, 15) is 4.79 Å². The van der Waals surface area contributed by atoms with Crippen LogP contribution in [-0.2, 0) is 4.79 Å². The summed E-state index contributed by atoms with van der Waals surface area (Å²) in [5.74, 6) is 0.345. The van der Waals surface area contributed by atoms with Gasteiger partial charge in [0.05, 0.1) is 0 Å². The van der Waals surface area contributed by atoms with Crippen molar-refractivity contribution in [3.8, 4) is 0 Å². The van der Waals surface area contributed by atoms with Crippen molar-refractivity contribution in [1.82, 2.24) is 5.32 Å². The van der Waals surface area contributed by atoms with E-state index in [0.717, 1.165) is 5.57 Å². The molecule has 0 aliphatic carbocycles. The number of rotatable bonds is 1. The molecular formula is C10H14Br2N2O. The fourth-order valence-corrected chi connectivity index (χ4v) is 2.07. The van der Waals surface area contributed by atoms with Gasteiger partial charge in [0.25, 0.3) is 5.91 Å². The highest BCUT2D eigenvalue weighted by Gasteiger charge is 2.45. The molecule has 1 rings (SSSR count). The van der Waals surface area contributed by atoms with Gasteiger partial charge < -0.3 is 5.32 Å². The number of nitrogens with one attached hydrogen (secondary N) is 1. The molecule has 1 aliphatic rings. The predicted octanol–water partition coefficient (Wildman–Crippen LogP) is 3.12. The van der Waals surface area contributed by atoms with Gasteiger partial charge in [0.1, 0.15) is 5.84 Å². The highest BCUT2D eigenvalue weighted by Crippen LogP contribution is 2.39. The van der Waals surface area contributed by atoms with Gasteiger partial charge in [-0.2, -0.15) is 0 Å². The zero-order valence-corrected chi connectivity index (χ0v) is 12.1. The van der Waals surface area contributed by atoms with Crippen molar-refractivity contribution >= 4 is 43.6 Å². The molecular weight excluding hydrogens is 324 g/mol. The first-order valence-electron chi connectivity index (χ1n) is 4.59. The molecule has 0 radical (unpaired) electrons. The Morgan fingerprint density at radius 1 is 1.47 bits per heavy atom. The molecule has 15 heavy (non-hydrogen) atoms. The van der Waals surface area contributed by atoms with E-state index in [0.29, 0.717) is 5.84 Å². The Morgan fingerprint density at radius 2 is 2.00 bits per heavy atom. The molecule has 1 heterocycles. The van der Waals surface area contributed by atoms with Gasteiger partial charge in [-0.25, -0.2) is 4.99 Å². The molecule has 3 nitrogen and oxygen atoms in total. The molecule has 0 spiro atoms. The number of halogens is 2. The van der Waals surface area contributed by atoms with Crippen LogP contribution in [-0.4, -0.2) is 15.0 Å². The summed E-state index contributed by atoms with van der Waals surface area (Å²) < 4.78 is -0.851. The molecule has 0 atom stereocenters. The van der Waals surface area contributed by atoms with Crippen LogP contribution in [0.2, 0.25) is 0 Å². The van der Waals surface area contributed by atoms with Crippen molar-refractivity contribution in [3.63, 3.8) is 0 Å². The molecule has 0 aromatic rings. The van der Waals surface area contributed by atoms with Crippen molar-refractivity contribution < 1.29 is 4.79 Å². The topological polar surface area (TPSA) is 41.5 Å². The van der Waals surface area contributed by atoms with Crippen LogP contribution < -0.4 is 5.32 Å². The van der Waals surface area contributed by atoms with Crippen molar-refractivity contribution in [2.24, 2.45) is 4.99 Å². The van der Waals surface area contributed by atoms with E-state index >= 15 is 0 Å². The number of allylic oxidation sites excluding steroid dienone is 1. The second kappa shape index (κ2) is 6.23. The molecule has 1 N–H and O–H groups in total. The molecule has 0 bridgehead atoms. The third-order valence-electron chi connectivity index (χ3n) is 1.62. The molecule has 0 aromatic carbocycles. The number of amides is 1. The van der Waals surface area contributed by atoms with Gasteiger partial charge in [-0.15, -0.1) is 0 Å². The van der Waals surface area contributed by atoms with E-state index in [1.165, 1.54) is 6.20 Å². The highest BCUT2D eigenvalue weighted by atomic mass is 79.9. The lowest BCUT2D eigenvalue weighted by atomic mass is 10.2. The first-order chi connectivity index (χ1) is 7.04. The monoisotopic (exact) mass is 336 g/mol. The molecule has 0 saturated carbocycles. The normalized spacial score (nSPS) is 23.4. The van der Waals surface area contributed by atoms with Gasteiger partial charge >= 0.3 is 0 Å². The molecule has 5 heteroatoms. The molecule has 0 aromatic heterocycles. The van der Waals surface area contributed by atoms with Gasteiger partial charge in [0.2, 0.25) is 0 Å². The van der Waals surface area contributed by atoms with Gasteiger partial charge in [-0.1, -0.05) is 58.4 Å². The largest absolute Gasteiger partial charge is 0.308 e. The van der Waals surface area contributed by atoms with Crippen LogP contribution in [0.15, 0.2) is 29.4 Å². The molecule has 84 valence electrons. The third-order valence-corrected chi connectivity index (χ3v) is 3.19. The number of alkyl halides is 2. The highest BCUT2D eigenvalue weighted by molar-refractivity contribution is 9.26. The van der Waals surface area contributed by atoms with E-state index in [4.69, 9.17) is 0 Å². The number of amidine groups is 1. The van der Waals surface area contributed by atoms with Crippen molar-refractivity contribution in [3.05, 3.63) is 24.4 Å². The van der Waals surface area contributed by atoms with Crippen LogP contribution in [0.25, 0.3) is 0 Å². The number of nitrogens with zero attached hydrogens (tertiary/aromatic N) is 1. The van der Waals surface area contributed by atoms with Crippen LogP contribution in [0, 0.1) is 0 Å². The lowest BCUT2D eigenvalue weighted by Crippen LogP contribution is -2.26. The van der Waals surface area contributed by atoms with Gasteiger partial charge in [-0.05, 0) is 6.92 Å². The summed E-state index contributed by atoms with van der Waals surface area (Å²) in [6.45, 7) is 9.31. The van der Waals surface area contributed by atoms with Gasteiger partial charge in [0, 0.05) is 11.8 Å². The fraction of sp³-hybridized carbons (Fsp3) is 0.400. The molecule has 1 saturated heterocycles. The summed E-state index contributed by atoms with van der Waals surface area (Å²) in [6, 6.07) is 0. The van der Waals surface area contributed by atoms with E-state index in [2.05, 4.69) is 48.7 Å². The lowest BCUT2D eigenvalue weighted by molar-refractivity contribution is -0.118. The summed E-state index contributed by atoms with van der Waals surface area (Å²) in [5, 5.41) is 2.62. The zero-order valence-electron chi connectivity index (χ0n) is 8.97. The van der Waals surface area contributed by atoms with Crippen LogP contribution >= 0.6 is 31.9 Å². The Bertz CT molecular complexity index is 319. The van der Waals surface area contributed by atoms with Gasteiger partial charge in [0.15, 0.2) is 3.23 Å². The zero-order chi connectivity index (χ0) is 12.1. The number of aliphatic imine (C=N–C) groups is 1. The van der Waals surface area contributed by atoms with E-state index in [1.54, 1.807) is 0 Å². The van der Waals surface area contributed by atoms with E-state index < -0.39 is 3.23 Å². The number of hydrogen-bond donors (Lipinski definition) is 1. The summed E-state index contributed by atoms with van der Waals surface area (Å²) in [5.41, 5.74) is 0.761. The second-order valence-electron chi connectivity index (χ2n) is 2.39. The molecule has 0 unspecified atom stereocenters. The number of carbonyl (C=O) groups is 1. The van der Waals surface area contributed by atoms with Crippen LogP contribution in [0.4, 0.5) is 0 Å². The Kier molecular flexibility index (Phi) is 6.05. The first-order valence-corrected chi connectivity index (χ1v) is 6.17. The maximum Gasteiger partial charge on any atom is 0.258 e. The Hall–Kier alpha value is -0.420. The third kappa shape index (κ3) is 3.01. The Labute approximate surface area is 107 Å². The second-order valence-corrected chi connectivity index (χ2v) is 5.83. The minimum absolute atomic E-state index is 0.179. The minimum Gasteiger partial charge on any atom is -0.308 e. The molecule has 1 fully saturated rings. The molecule has 1 amide bonds. The smallest absolute Gasteiger partial charge is 0.258 e. The average molecular weight is 338 g/mol. The number of hydrogen-bond acceptors (Lipinski definition) is 2. The van der Waals surface area contributed by atoms with Crippen molar-refractivity contribution in [2.45, 2.75) is 24.0 Å². The maximum absolute atomic E-state index is 11.4. The van der Waals surface area contributed by atoms with Crippen molar-refractivity contribution in [2.75, 3.05) is 0 Å². The Morgan fingerprint density at radius 3 is 2.40 bits per heavy atom. The molecule has 1 aliphatic heterocycles. The van der Waals surface area contributed by atoms with Crippen LogP contribution in [0.5, 0.6) is 0 Å². The van der Waals surface area contributed by atoms with E-state index in [1.807, 2.05) is 26.8 Å². The first kappa shape index (κ1) is 14.6. The average Bonchev–Trinajstić information content (AvgIpc) is 2.41. The SMILES string of the molecule is C=CN=C1NC(=O)C(Br)(Br)/C1=C/C.CC. The standard InChI is InChI=1S/C8H8Br2N2O.C2H6/c1-3-5-6(11-4-2)12-7(13)8(5,9)10;1-2/h3-4H,2H2,1H3,(H,11,12,13);1-2H3/b5-3+;. The van der Waals surface area contributed by atoms with E-state index in [-0.39, 0.29) is 5.91 Å². The quantitative estimate of drug-likeness (QED) is 0.734. The summed E-state index contributed by atoms with van der Waals surface area (Å²) in [4.78, 5) is 15.3. The number of carbonyl (C=O) groups excluding carboxylic acids is 1. The van der Waals surface area contributed by atoms with Crippen molar-refractivity contribution in [1.29, 1.82) is 0 Å². The predicted molar refractivity (Wildman–Crippen MR) is 71.5 cm³/mol. The lowest BCUT2D eigenvalue weighted by Gasteiger charge is -2.09. The minimum atomic E-state index is -0.851. The summed E-state index contributed by atoms with van der Waals surface area (Å²) in [7, 11) is 0. The summed E-state index contributed by atoms with van der Waals surface area (Å²) >= 11 is 6.53. The summed E-state index contributed by atoms with van der Waals surface area (Å²) in [6.07, 6.45) is 3.20. The van der Waals surface area contributed by atoms with Crippen LogP contribution in [0.3, 0.4) is 0 Å². The Balaban J connectivity index is 0.000000921.